The lowest BCUT2D eigenvalue weighted by atomic mass is 9.87. The number of hydrogen-bond donors (Lipinski definition) is 0. The van der Waals surface area contributed by atoms with E-state index in [0.717, 1.165) is 94.1 Å². The molecule has 318 valence electrons. The molecule has 0 saturated carbocycles. The smallest absolute Gasteiger partial charge is 0.164 e. The van der Waals surface area contributed by atoms with Crippen LogP contribution in [0.15, 0.2) is 243 Å². The van der Waals surface area contributed by atoms with E-state index in [-0.39, 0.29) is 0 Å². The lowest BCUT2D eigenvalue weighted by Crippen LogP contribution is -2.02. The first-order valence-electron chi connectivity index (χ1n) is 22.9. The van der Waals surface area contributed by atoms with Gasteiger partial charge in [-0.25, -0.2) is 19.9 Å². The molecule has 0 fully saturated rings. The minimum Gasteiger partial charge on any atom is -0.307 e. The number of hydrogen-bond acceptors (Lipinski definition) is 4. The predicted octanol–water partition coefficient (Wildman–Crippen LogP) is 15.5. The molecular formula is C62H40N6. The zero-order valence-corrected chi connectivity index (χ0v) is 36.8. The molecule has 0 atom stereocenters. The Morgan fingerprint density at radius 3 is 1.26 bits per heavy atom. The third kappa shape index (κ3) is 6.50. The lowest BCUT2D eigenvalue weighted by molar-refractivity contribution is 1.07. The van der Waals surface area contributed by atoms with Crippen molar-refractivity contribution in [1.29, 1.82) is 0 Å². The van der Waals surface area contributed by atoms with Crippen molar-refractivity contribution in [3.63, 3.8) is 0 Å². The molecule has 6 heteroatoms. The molecule has 6 nitrogen and oxygen atoms in total. The van der Waals surface area contributed by atoms with Gasteiger partial charge in [0.05, 0.1) is 22.1 Å². The summed E-state index contributed by atoms with van der Waals surface area (Å²) in [6.45, 7) is 0. The van der Waals surface area contributed by atoms with Gasteiger partial charge in [0.15, 0.2) is 17.5 Å². The Hall–Kier alpha value is -9.26. The third-order valence-corrected chi connectivity index (χ3v) is 13.0. The van der Waals surface area contributed by atoms with Crippen LogP contribution in [-0.4, -0.2) is 29.1 Å². The molecule has 0 bridgehead atoms. The quantitative estimate of drug-likeness (QED) is 0.153. The molecule has 0 aliphatic heterocycles. The van der Waals surface area contributed by atoms with Gasteiger partial charge in [0.1, 0.15) is 5.82 Å². The van der Waals surface area contributed by atoms with Crippen molar-refractivity contribution in [1.82, 2.24) is 29.1 Å². The molecule has 9 aromatic carbocycles. The maximum absolute atomic E-state index is 5.24. The van der Waals surface area contributed by atoms with Crippen molar-refractivity contribution in [2.45, 2.75) is 0 Å². The van der Waals surface area contributed by atoms with Crippen LogP contribution in [0, 0.1) is 0 Å². The molecule has 0 radical (unpaired) electrons. The maximum atomic E-state index is 5.24. The molecule has 13 aromatic rings. The Balaban J connectivity index is 1.12. The molecule has 0 spiro atoms. The van der Waals surface area contributed by atoms with E-state index in [1.54, 1.807) is 0 Å². The molecule has 0 saturated heterocycles. The predicted molar refractivity (Wildman–Crippen MR) is 279 cm³/mol. The standard InChI is InChI=1S/C62H40N6/c1-5-20-41(21-6-1)42-35-37-46(38-36-42)61-64-60(45-26-11-4-12-27-45)65-62(66-61)47-28-19-29-48(40-47)67-51-32-15-13-30-49(51)56-54(43-22-7-2-8-23-43)55(44-24-9-3-10-25-44)57-50-31-14-16-33-52(50)68(59(57)58(56)67)53-34-17-18-39-63-53/h1-40H. The zero-order valence-electron chi connectivity index (χ0n) is 36.8. The molecule has 0 N–H and O–H groups in total. The van der Waals surface area contributed by atoms with Gasteiger partial charge in [0.25, 0.3) is 0 Å². The summed E-state index contributed by atoms with van der Waals surface area (Å²) in [7, 11) is 0. The lowest BCUT2D eigenvalue weighted by Gasteiger charge is -2.18. The Bertz CT molecular complexity index is 3980. The molecule has 4 heterocycles. The highest BCUT2D eigenvalue weighted by Gasteiger charge is 2.29. The van der Waals surface area contributed by atoms with Gasteiger partial charge in [-0.05, 0) is 58.7 Å². The largest absolute Gasteiger partial charge is 0.307 e. The molecular weight excluding hydrogens is 829 g/mol. The summed E-state index contributed by atoms with van der Waals surface area (Å²) >= 11 is 0. The Kier molecular flexibility index (Phi) is 9.39. The van der Waals surface area contributed by atoms with E-state index in [1.165, 1.54) is 11.1 Å². The van der Waals surface area contributed by atoms with Crippen LogP contribution in [0.1, 0.15) is 0 Å². The van der Waals surface area contributed by atoms with Crippen molar-refractivity contribution in [2.24, 2.45) is 0 Å². The van der Waals surface area contributed by atoms with Crippen molar-refractivity contribution >= 4 is 43.6 Å². The maximum Gasteiger partial charge on any atom is 0.164 e. The van der Waals surface area contributed by atoms with E-state index in [1.807, 2.05) is 36.5 Å². The van der Waals surface area contributed by atoms with Crippen LogP contribution in [0.5, 0.6) is 0 Å². The minimum absolute atomic E-state index is 0.590. The van der Waals surface area contributed by atoms with Gasteiger partial charge in [0, 0.05) is 61.2 Å². The monoisotopic (exact) mass is 868 g/mol. The summed E-state index contributed by atoms with van der Waals surface area (Å²) in [6.07, 6.45) is 1.88. The van der Waals surface area contributed by atoms with Gasteiger partial charge in [-0.2, -0.15) is 0 Å². The number of para-hydroxylation sites is 2. The summed E-state index contributed by atoms with van der Waals surface area (Å²) < 4.78 is 4.81. The summed E-state index contributed by atoms with van der Waals surface area (Å²) in [5, 5.41) is 4.63. The minimum atomic E-state index is 0.590. The highest BCUT2D eigenvalue weighted by molar-refractivity contribution is 6.33. The molecule has 4 aromatic heterocycles. The summed E-state index contributed by atoms with van der Waals surface area (Å²) in [4.78, 5) is 20.6. The molecule has 0 aliphatic carbocycles. The van der Waals surface area contributed by atoms with Crippen LogP contribution < -0.4 is 0 Å². The van der Waals surface area contributed by atoms with E-state index in [0.29, 0.717) is 17.5 Å². The van der Waals surface area contributed by atoms with Gasteiger partial charge in [0.2, 0.25) is 0 Å². The van der Waals surface area contributed by atoms with Crippen LogP contribution in [0.25, 0.3) is 123 Å². The number of aromatic nitrogens is 6. The summed E-state index contributed by atoms with van der Waals surface area (Å²) in [6, 6.07) is 83.2. The van der Waals surface area contributed by atoms with E-state index in [2.05, 4.69) is 215 Å². The highest BCUT2D eigenvalue weighted by Crippen LogP contribution is 2.52. The highest BCUT2D eigenvalue weighted by atomic mass is 15.1. The number of fused-ring (bicyclic) bond motifs is 7. The fraction of sp³-hybridized carbons (Fsp3) is 0. The number of benzene rings is 9. The van der Waals surface area contributed by atoms with Gasteiger partial charge in [-0.3, -0.25) is 4.57 Å². The fourth-order valence-corrected chi connectivity index (χ4v) is 10.0. The van der Waals surface area contributed by atoms with Crippen molar-refractivity contribution < 1.29 is 0 Å². The molecule has 68 heavy (non-hydrogen) atoms. The van der Waals surface area contributed by atoms with E-state index in [9.17, 15) is 0 Å². The fourth-order valence-electron chi connectivity index (χ4n) is 10.0. The van der Waals surface area contributed by atoms with Crippen molar-refractivity contribution in [3.05, 3.63) is 243 Å². The van der Waals surface area contributed by atoms with E-state index >= 15 is 0 Å². The average Bonchev–Trinajstić information content (AvgIpc) is 3.95. The third-order valence-electron chi connectivity index (χ3n) is 13.0. The van der Waals surface area contributed by atoms with Crippen LogP contribution in [0.2, 0.25) is 0 Å². The van der Waals surface area contributed by atoms with Crippen LogP contribution >= 0.6 is 0 Å². The number of pyridine rings is 1. The molecule has 0 unspecified atom stereocenters. The van der Waals surface area contributed by atoms with Crippen LogP contribution in [-0.2, 0) is 0 Å². The van der Waals surface area contributed by atoms with E-state index in [4.69, 9.17) is 19.9 Å². The second-order valence-corrected chi connectivity index (χ2v) is 17.0. The molecule has 0 amide bonds. The molecule has 0 aliphatic rings. The topological polar surface area (TPSA) is 61.4 Å². The molecule has 13 rings (SSSR count). The summed E-state index contributed by atoms with van der Waals surface area (Å²) in [5.41, 5.74) is 15.0. The number of nitrogens with zero attached hydrogens (tertiary/aromatic N) is 6. The van der Waals surface area contributed by atoms with E-state index < -0.39 is 0 Å². The first-order chi connectivity index (χ1) is 33.8. The normalized spacial score (nSPS) is 11.5. The zero-order chi connectivity index (χ0) is 45.0. The first-order valence-corrected chi connectivity index (χ1v) is 22.9. The van der Waals surface area contributed by atoms with Gasteiger partial charge >= 0.3 is 0 Å². The van der Waals surface area contributed by atoms with Crippen LogP contribution in [0.3, 0.4) is 0 Å². The van der Waals surface area contributed by atoms with Crippen LogP contribution in [0.4, 0.5) is 0 Å². The second kappa shape index (κ2) is 16.3. The van der Waals surface area contributed by atoms with Gasteiger partial charge < -0.3 is 4.57 Å². The Morgan fingerprint density at radius 2 is 0.706 bits per heavy atom. The first kappa shape index (κ1) is 39.1. The van der Waals surface area contributed by atoms with Crippen molar-refractivity contribution in [3.8, 4) is 79.0 Å². The summed E-state index contributed by atoms with van der Waals surface area (Å²) in [5.74, 6) is 2.66. The Labute approximate surface area is 392 Å². The Morgan fingerprint density at radius 1 is 0.294 bits per heavy atom. The SMILES string of the molecule is c1ccc(-c2ccc(-c3nc(-c4ccccc4)nc(-c4cccc(-n5c6ccccc6c6c(-c7ccccc7)c(-c7ccccc7)c7c8ccccc8n(-c8ccccn8)c7c65)c4)n3)cc2)cc1. The van der Waals surface area contributed by atoms with Crippen molar-refractivity contribution in [2.75, 3.05) is 0 Å². The van der Waals surface area contributed by atoms with Gasteiger partial charge in [-0.15, -0.1) is 0 Å². The van der Waals surface area contributed by atoms with Gasteiger partial charge in [-0.1, -0.05) is 200 Å². The average molecular weight is 869 g/mol. The second-order valence-electron chi connectivity index (χ2n) is 17.0. The number of rotatable bonds is 8.